The highest BCUT2D eigenvalue weighted by Gasteiger charge is 2.08. The lowest BCUT2D eigenvalue weighted by Gasteiger charge is -2.17. The molecule has 0 fully saturated rings. The number of unbranched alkanes of at least 4 members (excludes halogenated alkanes) is 6. The lowest BCUT2D eigenvalue weighted by molar-refractivity contribution is 0.356. The van der Waals surface area contributed by atoms with Crippen molar-refractivity contribution in [3.63, 3.8) is 0 Å². The summed E-state index contributed by atoms with van der Waals surface area (Å²) in [6.45, 7) is 9.29. The molecule has 0 saturated heterocycles. The molecule has 0 unspecified atom stereocenters. The normalized spacial score (nSPS) is 10.8. The summed E-state index contributed by atoms with van der Waals surface area (Å²) in [6, 6.07) is 0. The molecule has 15 heavy (non-hydrogen) atoms. The summed E-state index contributed by atoms with van der Waals surface area (Å²) in [6.07, 6.45) is 11.4. The fourth-order valence-electron chi connectivity index (χ4n) is 1.61. The molecule has 1 N–H and O–H groups in total. The molecule has 0 bridgehead atoms. The Morgan fingerprint density at radius 1 is 0.733 bits per heavy atom. The van der Waals surface area contributed by atoms with Crippen molar-refractivity contribution in [3.8, 4) is 0 Å². The van der Waals surface area contributed by atoms with Crippen molar-refractivity contribution in [2.75, 3.05) is 7.11 Å². The van der Waals surface area contributed by atoms with E-state index in [1.165, 1.54) is 51.4 Å². The molecule has 0 atom stereocenters. The summed E-state index contributed by atoms with van der Waals surface area (Å²) in [5.41, 5.74) is 0.545. The topological polar surface area (TPSA) is 20.2 Å². The Morgan fingerprint density at radius 2 is 1.13 bits per heavy atom. The van der Waals surface area contributed by atoms with Gasteiger partial charge in [-0.05, 0) is 11.8 Å². The summed E-state index contributed by atoms with van der Waals surface area (Å²) in [7, 11) is 1.00. The van der Waals surface area contributed by atoms with Gasteiger partial charge in [-0.1, -0.05) is 72.6 Å². The second kappa shape index (κ2) is 12.0. The maximum atomic E-state index is 7.00. The minimum atomic E-state index is 0.545. The van der Waals surface area contributed by atoms with Crippen LogP contribution in [0.2, 0.25) is 0 Å². The van der Waals surface area contributed by atoms with Crippen LogP contribution in [0.4, 0.5) is 0 Å². The first-order valence-electron chi connectivity index (χ1n) is 6.51. The molecule has 0 aromatic rings. The maximum Gasteiger partial charge on any atom is 0.0319 e. The molecule has 1 nitrogen and oxygen atoms in total. The summed E-state index contributed by atoms with van der Waals surface area (Å²) >= 11 is 0. The van der Waals surface area contributed by atoms with Gasteiger partial charge in [0.2, 0.25) is 0 Å². The minimum absolute atomic E-state index is 0.545. The van der Waals surface area contributed by atoms with Gasteiger partial charge in [-0.2, -0.15) is 0 Å². The Kier molecular flexibility index (Phi) is 13.9. The van der Waals surface area contributed by atoms with Crippen LogP contribution < -0.4 is 0 Å². The van der Waals surface area contributed by atoms with Crippen molar-refractivity contribution in [1.29, 1.82) is 0 Å². The van der Waals surface area contributed by atoms with E-state index in [1.807, 2.05) is 0 Å². The van der Waals surface area contributed by atoms with Crippen LogP contribution in [0.1, 0.15) is 79.1 Å². The first-order chi connectivity index (χ1) is 7.06. The number of aliphatic hydroxyl groups excluding tert-OH is 1. The largest absolute Gasteiger partial charge is 0.400 e. The molecule has 94 valence electrons. The molecule has 0 rings (SSSR count). The Hall–Kier alpha value is -0.0400. The van der Waals surface area contributed by atoms with Crippen LogP contribution in [0.15, 0.2) is 0 Å². The molecule has 0 amide bonds. The zero-order valence-electron chi connectivity index (χ0n) is 11.6. The van der Waals surface area contributed by atoms with Crippen LogP contribution in [0.25, 0.3) is 0 Å². The molecule has 0 spiro atoms. The Labute approximate surface area is 97.3 Å². The van der Waals surface area contributed by atoms with Crippen LogP contribution in [-0.4, -0.2) is 12.2 Å². The third-order valence-electron chi connectivity index (χ3n) is 2.53. The van der Waals surface area contributed by atoms with E-state index in [0.29, 0.717) is 5.41 Å². The molecule has 0 aromatic carbocycles. The SMILES string of the molecule is CCCCCCCCCC(C)(C)C.CO. The molecular formula is C14H32O. The Bertz CT molecular complexity index is 102. The molecule has 1 heteroatoms. The third-order valence-corrected chi connectivity index (χ3v) is 2.53. The van der Waals surface area contributed by atoms with Gasteiger partial charge in [-0.3, -0.25) is 0 Å². The zero-order chi connectivity index (χ0) is 12.2. The van der Waals surface area contributed by atoms with Crippen molar-refractivity contribution >= 4 is 0 Å². The van der Waals surface area contributed by atoms with E-state index in [0.717, 1.165) is 7.11 Å². The second-order valence-corrected chi connectivity index (χ2v) is 5.43. The lowest BCUT2D eigenvalue weighted by Crippen LogP contribution is -2.03. The Balaban J connectivity index is 0. The van der Waals surface area contributed by atoms with Gasteiger partial charge in [0.25, 0.3) is 0 Å². The van der Waals surface area contributed by atoms with Crippen LogP contribution in [0, 0.1) is 5.41 Å². The second-order valence-electron chi connectivity index (χ2n) is 5.43. The number of hydrogen-bond acceptors (Lipinski definition) is 1. The first kappa shape index (κ1) is 17.4. The number of aliphatic hydroxyl groups is 1. The fraction of sp³-hybridized carbons (Fsp3) is 1.00. The monoisotopic (exact) mass is 216 g/mol. The summed E-state index contributed by atoms with van der Waals surface area (Å²) in [4.78, 5) is 0. The molecule has 0 saturated carbocycles. The van der Waals surface area contributed by atoms with E-state index in [1.54, 1.807) is 0 Å². The predicted octanol–water partition coefficient (Wildman–Crippen LogP) is 4.78. The van der Waals surface area contributed by atoms with Gasteiger partial charge in [-0.25, -0.2) is 0 Å². The first-order valence-corrected chi connectivity index (χ1v) is 6.51. The molecule has 0 aliphatic carbocycles. The summed E-state index contributed by atoms with van der Waals surface area (Å²) in [5.74, 6) is 0. The van der Waals surface area contributed by atoms with E-state index in [-0.39, 0.29) is 0 Å². The van der Waals surface area contributed by atoms with Crippen molar-refractivity contribution in [2.45, 2.75) is 79.1 Å². The number of rotatable bonds is 7. The molecule has 0 aliphatic rings. The molecular weight excluding hydrogens is 184 g/mol. The molecule has 0 radical (unpaired) electrons. The van der Waals surface area contributed by atoms with E-state index >= 15 is 0 Å². The minimum Gasteiger partial charge on any atom is -0.400 e. The van der Waals surface area contributed by atoms with Crippen LogP contribution in [-0.2, 0) is 0 Å². The van der Waals surface area contributed by atoms with Crippen LogP contribution in [0.3, 0.4) is 0 Å². The van der Waals surface area contributed by atoms with Gasteiger partial charge in [0.05, 0.1) is 0 Å². The predicted molar refractivity (Wildman–Crippen MR) is 70.2 cm³/mol. The van der Waals surface area contributed by atoms with E-state index < -0.39 is 0 Å². The summed E-state index contributed by atoms with van der Waals surface area (Å²) in [5, 5.41) is 7.00. The van der Waals surface area contributed by atoms with Gasteiger partial charge in [-0.15, -0.1) is 0 Å². The molecule has 0 aromatic heterocycles. The van der Waals surface area contributed by atoms with Crippen molar-refractivity contribution in [1.82, 2.24) is 0 Å². The van der Waals surface area contributed by atoms with Crippen molar-refractivity contribution in [2.24, 2.45) is 5.41 Å². The van der Waals surface area contributed by atoms with Crippen LogP contribution in [0.5, 0.6) is 0 Å². The smallest absolute Gasteiger partial charge is 0.0319 e. The highest BCUT2D eigenvalue weighted by Crippen LogP contribution is 2.22. The fourth-order valence-corrected chi connectivity index (χ4v) is 1.61. The van der Waals surface area contributed by atoms with Gasteiger partial charge >= 0.3 is 0 Å². The van der Waals surface area contributed by atoms with Crippen molar-refractivity contribution in [3.05, 3.63) is 0 Å². The van der Waals surface area contributed by atoms with E-state index in [9.17, 15) is 0 Å². The lowest BCUT2D eigenvalue weighted by atomic mass is 9.89. The summed E-state index contributed by atoms with van der Waals surface area (Å²) < 4.78 is 0. The average molecular weight is 216 g/mol. The number of hydrogen-bond donors (Lipinski definition) is 1. The average Bonchev–Trinajstić information content (AvgIpc) is 2.18. The van der Waals surface area contributed by atoms with E-state index in [4.69, 9.17) is 5.11 Å². The highest BCUT2D eigenvalue weighted by molar-refractivity contribution is 4.60. The molecule has 0 heterocycles. The van der Waals surface area contributed by atoms with Gasteiger partial charge in [0.15, 0.2) is 0 Å². The standard InChI is InChI=1S/C13H28.CH4O/c1-5-6-7-8-9-10-11-12-13(2,3)4;1-2/h5-12H2,1-4H3;2H,1H3. The zero-order valence-corrected chi connectivity index (χ0v) is 11.6. The van der Waals surface area contributed by atoms with Gasteiger partial charge in [0.1, 0.15) is 0 Å². The highest BCUT2D eigenvalue weighted by atomic mass is 16.2. The quantitative estimate of drug-likeness (QED) is 0.607. The van der Waals surface area contributed by atoms with Crippen LogP contribution >= 0.6 is 0 Å². The van der Waals surface area contributed by atoms with Gasteiger partial charge in [0, 0.05) is 7.11 Å². The third kappa shape index (κ3) is 20.1. The molecule has 0 aliphatic heterocycles. The van der Waals surface area contributed by atoms with E-state index in [2.05, 4.69) is 27.7 Å². The van der Waals surface area contributed by atoms with Crippen molar-refractivity contribution < 1.29 is 5.11 Å². The maximum absolute atomic E-state index is 7.00. The Morgan fingerprint density at radius 3 is 1.53 bits per heavy atom. The van der Waals surface area contributed by atoms with Gasteiger partial charge < -0.3 is 5.11 Å².